The van der Waals surface area contributed by atoms with Crippen molar-refractivity contribution in [2.45, 2.75) is 25.3 Å². The molecule has 0 atom stereocenters. The van der Waals surface area contributed by atoms with Gasteiger partial charge in [-0.3, -0.25) is 9.78 Å². The molecule has 1 amide bonds. The molecule has 0 aliphatic heterocycles. The summed E-state index contributed by atoms with van der Waals surface area (Å²) in [4.78, 5) is 24.0. The molecule has 6 heteroatoms. The van der Waals surface area contributed by atoms with Crippen LogP contribution in [0.5, 0.6) is 0 Å². The minimum atomic E-state index is -0.218. The second kappa shape index (κ2) is 4.81. The Morgan fingerprint density at radius 3 is 3.06 bits per heavy atom. The van der Waals surface area contributed by atoms with Gasteiger partial charge in [0.1, 0.15) is 5.69 Å². The molecule has 1 aliphatic rings. The number of hydrogen-bond acceptors (Lipinski definition) is 5. The van der Waals surface area contributed by atoms with E-state index in [-0.39, 0.29) is 5.91 Å². The Bertz CT molecular complexity index is 550. The van der Waals surface area contributed by atoms with Crippen LogP contribution >= 0.6 is 11.3 Å². The molecule has 0 bridgehead atoms. The van der Waals surface area contributed by atoms with Crippen molar-refractivity contribution in [2.75, 3.05) is 0 Å². The third-order valence-electron chi connectivity index (χ3n) is 2.72. The molecular weight excluding hydrogens is 248 g/mol. The first-order chi connectivity index (χ1) is 8.83. The summed E-state index contributed by atoms with van der Waals surface area (Å²) < 4.78 is 0. The van der Waals surface area contributed by atoms with Crippen LogP contribution in [0.25, 0.3) is 0 Å². The zero-order valence-electron chi connectivity index (χ0n) is 9.67. The second-order valence-electron chi connectivity index (χ2n) is 4.22. The van der Waals surface area contributed by atoms with Crippen LogP contribution in [0.2, 0.25) is 0 Å². The molecule has 5 nitrogen and oxygen atoms in total. The van der Waals surface area contributed by atoms with Crippen molar-refractivity contribution in [1.29, 1.82) is 0 Å². The molecule has 3 rings (SSSR count). The Balaban J connectivity index is 1.58. The van der Waals surface area contributed by atoms with E-state index >= 15 is 0 Å². The highest BCUT2D eigenvalue weighted by Gasteiger charge is 2.26. The van der Waals surface area contributed by atoms with E-state index in [1.807, 2.05) is 5.38 Å². The van der Waals surface area contributed by atoms with Crippen LogP contribution in [-0.4, -0.2) is 20.9 Å². The predicted octanol–water partition coefficient (Wildman–Crippen LogP) is 1.74. The summed E-state index contributed by atoms with van der Waals surface area (Å²) in [6.07, 6.45) is 6.99. The van der Waals surface area contributed by atoms with Gasteiger partial charge in [-0.1, -0.05) is 0 Å². The Kier molecular flexibility index (Phi) is 3.02. The Hall–Kier alpha value is -1.82. The predicted molar refractivity (Wildman–Crippen MR) is 67.3 cm³/mol. The van der Waals surface area contributed by atoms with Crippen LogP contribution < -0.4 is 5.32 Å². The zero-order chi connectivity index (χ0) is 12.4. The second-order valence-corrected chi connectivity index (χ2v) is 5.11. The maximum Gasteiger partial charge on any atom is 0.271 e. The van der Waals surface area contributed by atoms with Crippen LogP contribution in [0.1, 0.15) is 39.9 Å². The molecular formula is C12H12N4OS. The first kappa shape index (κ1) is 11.3. The summed E-state index contributed by atoms with van der Waals surface area (Å²) in [7, 11) is 0. The van der Waals surface area contributed by atoms with E-state index < -0.39 is 0 Å². The number of carbonyl (C=O) groups excluding carboxylic acids is 1. The monoisotopic (exact) mass is 260 g/mol. The Morgan fingerprint density at radius 2 is 2.33 bits per heavy atom. The van der Waals surface area contributed by atoms with Gasteiger partial charge in [0.15, 0.2) is 0 Å². The van der Waals surface area contributed by atoms with Gasteiger partial charge in [-0.25, -0.2) is 9.97 Å². The maximum absolute atomic E-state index is 11.7. The first-order valence-corrected chi connectivity index (χ1v) is 6.69. The van der Waals surface area contributed by atoms with E-state index in [0.29, 0.717) is 18.2 Å². The van der Waals surface area contributed by atoms with Crippen molar-refractivity contribution in [3.8, 4) is 0 Å². The number of amides is 1. The number of carbonyl (C=O) groups is 1. The molecule has 18 heavy (non-hydrogen) atoms. The standard InChI is InChI=1S/C12H12N4OS/c17-11(10-6-13-3-4-14-10)15-5-9-7-18-12(16-9)8-1-2-8/h3-4,6-8H,1-2,5H2,(H,15,17). The highest BCUT2D eigenvalue weighted by atomic mass is 32.1. The molecule has 1 saturated carbocycles. The van der Waals surface area contributed by atoms with E-state index in [1.54, 1.807) is 17.5 Å². The highest BCUT2D eigenvalue weighted by Crippen LogP contribution is 2.41. The summed E-state index contributed by atoms with van der Waals surface area (Å²) in [5, 5.41) is 5.99. The van der Waals surface area contributed by atoms with Crippen molar-refractivity contribution >= 4 is 17.2 Å². The summed E-state index contributed by atoms with van der Waals surface area (Å²) in [5.74, 6) is 0.448. The van der Waals surface area contributed by atoms with E-state index in [4.69, 9.17) is 0 Å². The van der Waals surface area contributed by atoms with Gasteiger partial charge in [0.2, 0.25) is 0 Å². The molecule has 0 radical (unpaired) electrons. The fraction of sp³-hybridized carbons (Fsp3) is 0.333. The summed E-state index contributed by atoms with van der Waals surface area (Å²) in [6.45, 7) is 0.443. The van der Waals surface area contributed by atoms with Gasteiger partial charge in [0, 0.05) is 23.7 Å². The number of nitrogens with one attached hydrogen (secondary N) is 1. The fourth-order valence-electron chi connectivity index (χ4n) is 1.60. The average molecular weight is 260 g/mol. The average Bonchev–Trinajstić information content (AvgIpc) is 3.16. The topological polar surface area (TPSA) is 67.8 Å². The molecule has 2 aromatic rings. The van der Waals surface area contributed by atoms with Crippen molar-refractivity contribution < 1.29 is 4.79 Å². The summed E-state index contributed by atoms with van der Waals surface area (Å²) in [5.41, 5.74) is 1.24. The SMILES string of the molecule is O=C(NCc1csc(C2CC2)n1)c1cnccn1. The quantitative estimate of drug-likeness (QED) is 0.909. The Labute approximate surface area is 108 Å². The number of aromatic nitrogens is 3. The molecule has 0 saturated heterocycles. The van der Waals surface area contributed by atoms with Gasteiger partial charge in [0.05, 0.1) is 23.4 Å². The molecule has 1 fully saturated rings. The van der Waals surface area contributed by atoms with E-state index in [1.165, 1.54) is 30.2 Å². The van der Waals surface area contributed by atoms with Crippen molar-refractivity contribution in [3.63, 3.8) is 0 Å². The van der Waals surface area contributed by atoms with Crippen molar-refractivity contribution in [1.82, 2.24) is 20.3 Å². The van der Waals surface area contributed by atoms with Crippen LogP contribution in [0.3, 0.4) is 0 Å². The van der Waals surface area contributed by atoms with Gasteiger partial charge in [-0.2, -0.15) is 0 Å². The van der Waals surface area contributed by atoms with Crippen LogP contribution in [-0.2, 0) is 6.54 Å². The van der Waals surface area contributed by atoms with Crippen molar-refractivity contribution in [2.24, 2.45) is 0 Å². The van der Waals surface area contributed by atoms with Gasteiger partial charge >= 0.3 is 0 Å². The van der Waals surface area contributed by atoms with Crippen molar-refractivity contribution in [3.05, 3.63) is 40.4 Å². The molecule has 2 aromatic heterocycles. The van der Waals surface area contributed by atoms with Crippen LogP contribution in [0.15, 0.2) is 24.0 Å². The number of nitrogens with zero attached hydrogens (tertiary/aromatic N) is 3. The number of rotatable bonds is 4. The third-order valence-corrected chi connectivity index (χ3v) is 3.78. The largest absolute Gasteiger partial charge is 0.345 e. The first-order valence-electron chi connectivity index (χ1n) is 5.81. The lowest BCUT2D eigenvalue weighted by atomic mass is 10.4. The highest BCUT2D eigenvalue weighted by molar-refractivity contribution is 7.09. The molecule has 0 aromatic carbocycles. The smallest absolute Gasteiger partial charge is 0.271 e. The molecule has 0 spiro atoms. The van der Waals surface area contributed by atoms with E-state index in [9.17, 15) is 4.79 Å². The summed E-state index contributed by atoms with van der Waals surface area (Å²) in [6, 6.07) is 0. The van der Waals surface area contributed by atoms with Gasteiger partial charge in [-0.15, -0.1) is 11.3 Å². The summed E-state index contributed by atoms with van der Waals surface area (Å²) >= 11 is 1.68. The minimum absolute atomic E-state index is 0.218. The fourth-order valence-corrected chi connectivity index (χ4v) is 2.59. The molecule has 1 aliphatic carbocycles. The number of hydrogen-bond donors (Lipinski definition) is 1. The molecule has 1 N–H and O–H groups in total. The lowest BCUT2D eigenvalue weighted by molar-refractivity contribution is 0.0945. The lowest BCUT2D eigenvalue weighted by Gasteiger charge is -2.01. The van der Waals surface area contributed by atoms with E-state index in [2.05, 4.69) is 20.3 Å². The molecule has 2 heterocycles. The van der Waals surface area contributed by atoms with Gasteiger partial charge in [-0.05, 0) is 12.8 Å². The van der Waals surface area contributed by atoms with Gasteiger partial charge < -0.3 is 5.32 Å². The molecule has 0 unspecified atom stereocenters. The Morgan fingerprint density at radius 1 is 1.44 bits per heavy atom. The minimum Gasteiger partial charge on any atom is -0.345 e. The maximum atomic E-state index is 11.7. The lowest BCUT2D eigenvalue weighted by Crippen LogP contribution is -2.24. The molecule has 92 valence electrons. The third kappa shape index (κ3) is 2.53. The van der Waals surface area contributed by atoms with Gasteiger partial charge in [0.25, 0.3) is 5.91 Å². The zero-order valence-corrected chi connectivity index (χ0v) is 10.5. The number of thiazole rings is 1. The normalized spacial score (nSPS) is 14.4. The van der Waals surface area contributed by atoms with Crippen LogP contribution in [0.4, 0.5) is 0 Å². The van der Waals surface area contributed by atoms with Crippen LogP contribution in [0, 0.1) is 0 Å². The van der Waals surface area contributed by atoms with E-state index in [0.717, 1.165) is 5.69 Å².